The first kappa shape index (κ1) is 20.1. The average Bonchev–Trinajstić information content (AvgIpc) is 3.28. The van der Waals surface area contributed by atoms with Gasteiger partial charge in [-0.05, 0) is 44.4 Å². The maximum absolute atomic E-state index is 12.7. The van der Waals surface area contributed by atoms with Gasteiger partial charge in [-0.1, -0.05) is 36.0 Å². The van der Waals surface area contributed by atoms with Gasteiger partial charge in [0.25, 0.3) is 0 Å². The number of nitrogens with zero attached hydrogens (tertiary/aromatic N) is 3. The van der Waals surface area contributed by atoms with Crippen LogP contribution in [0, 0.1) is 0 Å². The quantitative estimate of drug-likeness (QED) is 0.616. The molecule has 146 valence electrons. The highest BCUT2D eigenvalue weighted by molar-refractivity contribution is 7.99. The number of amides is 1. The van der Waals surface area contributed by atoms with Crippen molar-refractivity contribution in [2.45, 2.75) is 31.5 Å². The number of rotatable bonds is 5. The van der Waals surface area contributed by atoms with Gasteiger partial charge in [0.05, 0.1) is 10.6 Å². The van der Waals surface area contributed by atoms with Crippen molar-refractivity contribution < 1.29 is 14.3 Å². The number of para-hydroxylation sites is 1. The van der Waals surface area contributed by atoms with E-state index in [9.17, 15) is 9.59 Å². The van der Waals surface area contributed by atoms with E-state index in [1.807, 2.05) is 35.7 Å². The molecule has 0 bridgehead atoms. The highest BCUT2D eigenvalue weighted by atomic mass is 32.2. The Bertz CT molecular complexity index is 947. The summed E-state index contributed by atoms with van der Waals surface area (Å²) in [6.07, 6.45) is -0.577. The van der Waals surface area contributed by atoms with E-state index in [-0.39, 0.29) is 11.7 Å². The molecule has 0 radical (unpaired) electrons. The summed E-state index contributed by atoms with van der Waals surface area (Å²) in [6, 6.07) is 12.9. The minimum atomic E-state index is -0.666. The monoisotopic (exact) mass is 416 g/mol. The summed E-state index contributed by atoms with van der Waals surface area (Å²) in [4.78, 5) is 25.8. The molecule has 1 N–H and O–H groups in total. The van der Waals surface area contributed by atoms with Crippen molar-refractivity contribution in [1.29, 1.82) is 0 Å². The molecule has 2 heterocycles. The number of hydrogen-bond donors (Lipinski definition) is 1. The summed E-state index contributed by atoms with van der Waals surface area (Å²) in [6.45, 7) is 5.38. The van der Waals surface area contributed by atoms with Gasteiger partial charge in [-0.2, -0.15) is 0 Å². The molecule has 0 aliphatic heterocycles. The minimum Gasteiger partial charge on any atom is -0.443 e. The van der Waals surface area contributed by atoms with Crippen LogP contribution in [0.1, 0.15) is 20.8 Å². The first-order valence-electron chi connectivity index (χ1n) is 8.54. The van der Waals surface area contributed by atoms with Crippen molar-refractivity contribution in [3.8, 4) is 10.7 Å². The second kappa shape index (κ2) is 8.57. The van der Waals surface area contributed by atoms with Gasteiger partial charge in [0, 0.05) is 5.69 Å². The Balaban J connectivity index is 1.78. The number of benzene rings is 1. The highest BCUT2D eigenvalue weighted by Gasteiger charge is 2.26. The molecule has 0 aliphatic carbocycles. The molecule has 0 saturated heterocycles. The van der Waals surface area contributed by atoms with Gasteiger partial charge in [-0.15, -0.1) is 21.5 Å². The van der Waals surface area contributed by atoms with Gasteiger partial charge < -0.3 is 10.1 Å². The van der Waals surface area contributed by atoms with E-state index in [0.717, 1.165) is 16.6 Å². The van der Waals surface area contributed by atoms with Crippen molar-refractivity contribution in [2.24, 2.45) is 0 Å². The molecule has 1 amide bonds. The molecule has 3 aromatic rings. The lowest BCUT2D eigenvalue weighted by Gasteiger charge is -2.20. The minimum absolute atomic E-state index is 0.0836. The second-order valence-electron chi connectivity index (χ2n) is 6.80. The Morgan fingerprint density at radius 1 is 1.14 bits per heavy atom. The summed E-state index contributed by atoms with van der Waals surface area (Å²) in [5, 5.41) is 13.2. The van der Waals surface area contributed by atoms with Crippen LogP contribution in [0.2, 0.25) is 0 Å². The molecule has 0 unspecified atom stereocenters. The van der Waals surface area contributed by atoms with Crippen LogP contribution in [0.5, 0.6) is 0 Å². The van der Waals surface area contributed by atoms with E-state index < -0.39 is 11.7 Å². The zero-order valence-corrected chi connectivity index (χ0v) is 17.3. The Morgan fingerprint density at radius 3 is 2.54 bits per heavy atom. The first-order valence-corrected chi connectivity index (χ1v) is 10.4. The van der Waals surface area contributed by atoms with E-state index in [1.165, 1.54) is 15.9 Å². The van der Waals surface area contributed by atoms with Gasteiger partial charge in [-0.3, -0.25) is 4.79 Å². The van der Waals surface area contributed by atoms with Crippen LogP contribution in [0.4, 0.5) is 10.5 Å². The Hall–Kier alpha value is -2.65. The zero-order chi connectivity index (χ0) is 20.1. The van der Waals surface area contributed by atoms with Gasteiger partial charge in [0.2, 0.25) is 11.1 Å². The normalized spacial score (nSPS) is 11.2. The average molecular weight is 417 g/mol. The van der Waals surface area contributed by atoms with Crippen molar-refractivity contribution in [1.82, 2.24) is 14.8 Å². The number of carbonyl (C=O) groups excluding carboxylic acids is 2. The van der Waals surface area contributed by atoms with Gasteiger partial charge in [-0.25, -0.2) is 9.36 Å². The SMILES string of the molecule is CC(C)(C)OC(=O)n1c(SCC(=O)Nc2ccccc2)nnc1-c1cccs1. The number of carbonyl (C=O) groups is 2. The molecule has 0 fully saturated rings. The van der Waals surface area contributed by atoms with E-state index in [0.29, 0.717) is 16.7 Å². The zero-order valence-electron chi connectivity index (χ0n) is 15.7. The number of thiophene rings is 1. The lowest BCUT2D eigenvalue weighted by Crippen LogP contribution is -2.28. The molecule has 28 heavy (non-hydrogen) atoms. The molecule has 0 spiro atoms. The highest BCUT2D eigenvalue weighted by Crippen LogP contribution is 2.28. The smallest absolute Gasteiger partial charge is 0.422 e. The fourth-order valence-electron chi connectivity index (χ4n) is 2.25. The summed E-state index contributed by atoms with van der Waals surface area (Å²) in [7, 11) is 0. The number of aromatic nitrogens is 3. The Labute approximate surface area is 171 Å². The topological polar surface area (TPSA) is 86.1 Å². The molecular formula is C19H20N4O3S2. The number of thioether (sulfide) groups is 1. The Morgan fingerprint density at radius 2 is 1.89 bits per heavy atom. The van der Waals surface area contributed by atoms with Crippen LogP contribution >= 0.6 is 23.1 Å². The number of nitrogens with one attached hydrogen (secondary N) is 1. The number of hydrogen-bond acceptors (Lipinski definition) is 7. The largest absolute Gasteiger partial charge is 0.443 e. The van der Waals surface area contributed by atoms with Gasteiger partial charge >= 0.3 is 6.09 Å². The molecular weight excluding hydrogens is 396 g/mol. The lowest BCUT2D eigenvalue weighted by molar-refractivity contribution is -0.113. The molecule has 7 nitrogen and oxygen atoms in total. The lowest BCUT2D eigenvalue weighted by atomic mass is 10.2. The molecule has 0 saturated carbocycles. The predicted octanol–water partition coefficient (Wildman–Crippen LogP) is 4.52. The predicted molar refractivity (Wildman–Crippen MR) is 111 cm³/mol. The third-order valence-electron chi connectivity index (χ3n) is 3.34. The van der Waals surface area contributed by atoms with E-state index in [1.54, 1.807) is 32.9 Å². The fraction of sp³-hybridized carbons (Fsp3) is 0.263. The van der Waals surface area contributed by atoms with Crippen LogP contribution < -0.4 is 5.32 Å². The van der Waals surface area contributed by atoms with Crippen LogP contribution in [0.15, 0.2) is 53.0 Å². The number of ether oxygens (including phenoxy) is 1. The molecule has 1 aromatic carbocycles. The standard InChI is InChI=1S/C19H20N4O3S2/c1-19(2,3)26-18(25)23-16(14-10-7-11-27-14)21-22-17(23)28-12-15(24)20-13-8-5-4-6-9-13/h4-11H,12H2,1-3H3,(H,20,24). The third kappa shape index (κ3) is 5.20. The maximum Gasteiger partial charge on any atom is 0.422 e. The summed E-state index contributed by atoms with van der Waals surface area (Å²) < 4.78 is 6.82. The number of anilines is 1. The molecule has 0 aliphatic rings. The molecule has 9 heteroatoms. The second-order valence-corrected chi connectivity index (χ2v) is 8.69. The molecule has 2 aromatic heterocycles. The molecule has 3 rings (SSSR count). The fourth-order valence-corrected chi connectivity index (χ4v) is 3.67. The van der Waals surface area contributed by atoms with Crippen molar-refractivity contribution in [2.75, 3.05) is 11.1 Å². The van der Waals surface area contributed by atoms with Crippen molar-refractivity contribution in [3.05, 3.63) is 47.8 Å². The summed E-state index contributed by atoms with van der Waals surface area (Å²) in [5.41, 5.74) is 0.0433. The summed E-state index contributed by atoms with van der Waals surface area (Å²) in [5.74, 6) is 0.281. The third-order valence-corrected chi connectivity index (χ3v) is 5.14. The van der Waals surface area contributed by atoms with Crippen molar-refractivity contribution >= 4 is 40.8 Å². The van der Waals surface area contributed by atoms with Gasteiger partial charge in [0.1, 0.15) is 5.60 Å². The molecule has 0 atom stereocenters. The Kier molecular flexibility index (Phi) is 6.15. The van der Waals surface area contributed by atoms with E-state index >= 15 is 0 Å². The first-order chi connectivity index (χ1) is 13.3. The maximum atomic E-state index is 12.7. The van der Waals surface area contributed by atoms with Crippen LogP contribution in [-0.2, 0) is 9.53 Å². The van der Waals surface area contributed by atoms with Crippen molar-refractivity contribution in [3.63, 3.8) is 0 Å². The van der Waals surface area contributed by atoms with Crippen LogP contribution in [0.3, 0.4) is 0 Å². The summed E-state index contributed by atoms with van der Waals surface area (Å²) >= 11 is 2.57. The van der Waals surface area contributed by atoms with Crippen LogP contribution in [0.25, 0.3) is 10.7 Å². The van der Waals surface area contributed by atoms with E-state index in [4.69, 9.17) is 4.74 Å². The van der Waals surface area contributed by atoms with Gasteiger partial charge in [0.15, 0.2) is 5.82 Å². The van der Waals surface area contributed by atoms with E-state index in [2.05, 4.69) is 15.5 Å². The van der Waals surface area contributed by atoms with Crippen LogP contribution in [-0.4, -0.2) is 38.1 Å².